The maximum Gasteiger partial charge on any atom is 0.138 e. The summed E-state index contributed by atoms with van der Waals surface area (Å²) in [7, 11) is 0. The summed E-state index contributed by atoms with van der Waals surface area (Å²) in [6.07, 6.45) is 3.52. The summed E-state index contributed by atoms with van der Waals surface area (Å²) in [5.41, 5.74) is 14.7. The molecule has 2 aromatic heterocycles. The number of fused-ring (bicyclic) bond motifs is 1. The molecule has 4 aromatic carbocycles. The van der Waals surface area contributed by atoms with Crippen LogP contribution in [0.5, 0.6) is 0 Å². The van der Waals surface area contributed by atoms with Crippen LogP contribution >= 0.6 is 0 Å². The molecule has 0 N–H and O–H groups in total. The molecule has 0 unspecified atom stereocenters. The zero-order valence-corrected chi connectivity index (χ0v) is 19.9. The van der Waals surface area contributed by atoms with Crippen LogP contribution in [0.3, 0.4) is 0 Å². The largest absolute Gasteiger partial charge is 0.265 e. The van der Waals surface area contributed by atoms with E-state index in [9.17, 15) is 0 Å². The van der Waals surface area contributed by atoms with E-state index in [2.05, 4.69) is 92.5 Å². The number of aromatic nitrogens is 3. The van der Waals surface area contributed by atoms with Crippen LogP contribution in [0.2, 0.25) is 0 Å². The number of azide groups is 1. The summed E-state index contributed by atoms with van der Waals surface area (Å²) in [5, 5.41) is 10.1. The van der Waals surface area contributed by atoms with Crippen molar-refractivity contribution in [3.63, 3.8) is 0 Å². The fourth-order valence-electron chi connectivity index (χ4n) is 5.10. The van der Waals surface area contributed by atoms with Crippen LogP contribution in [0, 0.1) is 0 Å². The maximum absolute atomic E-state index is 9.09. The lowest BCUT2D eigenvalue weighted by Gasteiger charge is -2.37. The van der Waals surface area contributed by atoms with E-state index in [4.69, 9.17) is 10.6 Å². The number of pyridine rings is 1. The highest BCUT2D eigenvalue weighted by Crippen LogP contribution is 2.44. The topological polar surface area (TPSA) is 79.5 Å². The molecule has 0 aliphatic heterocycles. The van der Waals surface area contributed by atoms with Crippen molar-refractivity contribution >= 4 is 16.6 Å². The van der Waals surface area contributed by atoms with Crippen molar-refractivity contribution in [2.75, 3.05) is 0 Å². The van der Waals surface area contributed by atoms with Gasteiger partial charge in [0.15, 0.2) is 0 Å². The third-order valence-corrected chi connectivity index (χ3v) is 6.67. The highest BCUT2D eigenvalue weighted by atomic mass is 15.3. The second-order valence-electron chi connectivity index (χ2n) is 8.70. The first-order valence-corrected chi connectivity index (χ1v) is 12.0. The molecule has 6 aromatic rings. The fourth-order valence-corrected chi connectivity index (χ4v) is 5.10. The average molecular weight is 479 g/mol. The molecule has 0 saturated heterocycles. The van der Waals surface area contributed by atoms with Crippen LogP contribution in [-0.4, -0.2) is 14.8 Å². The highest BCUT2D eigenvalue weighted by Gasteiger charge is 2.40. The van der Waals surface area contributed by atoms with E-state index < -0.39 is 5.54 Å². The molecule has 0 spiro atoms. The van der Waals surface area contributed by atoms with Crippen molar-refractivity contribution in [1.82, 2.24) is 14.8 Å². The van der Waals surface area contributed by atoms with E-state index in [0.29, 0.717) is 5.69 Å². The summed E-state index contributed by atoms with van der Waals surface area (Å²) >= 11 is 0. The number of hydrogen-bond acceptors (Lipinski definition) is 3. The monoisotopic (exact) mass is 478 g/mol. The second kappa shape index (κ2) is 9.46. The molecule has 6 nitrogen and oxygen atoms in total. The third-order valence-electron chi connectivity index (χ3n) is 6.67. The normalized spacial score (nSPS) is 11.2. The Morgan fingerprint density at radius 1 is 0.676 bits per heavy atom. The van der Waals surface area contributed by atoms with Gasteiger partial charge in [-0.3, -0.25) is 4.98 Å². The van der Waals surface area contributed by atoms with Crippen LogP contribution < -0.4 is 0 Å². The van der Waals surface area contributed by atoms with Crippen molar-refractivity contribution in [1.29, 1.82) is 0 Å². The minimum absolute atomic E-state index is 0.537. The maximum atomic E-state index is 9.09. The Kier molecular flexibility index (Phi) is 5.70. The van der Waals surface area contributed by atoms with Gasteiger partial charge in [0.2, 0.25) is 0 Å². The second-order valence-corrected chi connectivity index (χ2v) is 8.70. The van der Waals surface area contributed by atoms with Gasteiger partial charge in [0.1, 0.15) is 11.2 Å². The number of rotatable bonds is 6. The lowest BCUT2D eigenvalue weighted by Crippen LogP contribution is -2.38. The average Bonchev–Trinajstić information content (AvgIpc) is 3.35. The van der Waals surface area contributed by atoms with E-state index in [1.165, 1.54) is 0 Å². The van der Waals surface area contributed by atoms with Gasteiger partial charge in [-0.25, -0.2) is 4.68 Å². The first-order chi connectivity index (χ1) is 18.3. The zero-order chi connectivity index (χ0) is 25.1. The Labute approximate surface area is 214 Å². The molecule has 0 bridgehead atoms. The molecule has 37 heavy (non-hydrogen) atoms. The Morgan fingerprint density at radius 3 is 1.73 bits per heavy atom. The van der Waals surface area contributed by atoms with E-state index in [1.54, 1.807) is 12.4 Å². The van der Waals surface area contributed by atoms with Crippen LogP contribution in [0.25, 0.3) is 32.6 Å². The lowest BCUT2D eigenvalue weighted by molar-refractivity contribution is 0.477. The van der Waals surface area contributed by atoms with Crippen molar-refractivity contribution in [3.05, 3.63) is 161 Å². The lowest BCUT2D eigenvalue weighted by atomic mass is 9.77. The van der Waals surface area contributed by atoms with E-state index in [1.807, 2.05) is 48.5 Å². The van der Waals surface area contributed by atoms with Gasteiger partial charge in [0, 0.05) is 33.9 Å². The third kappa shape index (κ3) is 3.73. The Balaban J connectivity index is 1.80. The van der Waals surface area contributed by atoms with Gasteiger partial charge in [-0.1, -0.05) is 102 Å². The summed E-state index contributed by atoms with van der Waals surface area (Å²) in [5.74, 6) is 0. The minimum atomic E-state index is -0.771. The molecule has 0 atom stereocenters. The van der Waals surface area contributed by atoms with Gasteiger partial charge < -0.3 is 0 Å². The molecule has 176 valence electrons. The summed E-state index contributed by atoms with van der Waals surface area (Å²) in [4.78, 5) is 7.20. The predicted molar refractivity (Wildman–Crippen MR) is 146 cm³/mol. The fraction of sp³-hybridized carbons (Fsp3) is 0.0323. The van der Waals surface area contributed by atoms with Gasteiger partial charge in [-0.2, -0.15) is 5.10 Å². The van der Waals surface area contributed by atoms with Gasteiger partial charge in [0.05, 0.1) is 5.52 Å². The summed E-state index contributed by atoms with van der Waals surface area (Å²) < 4.78 is 2.11. The number of benzene rings is 4. The standard InChI is InChI=1S/C31H22N6/c32-36-34-27-16-17-29-28(22-27)30(23-18-20-33-21-19-23)35-37(29)31(24-10-4-1-5-11-24,25-12-6-2-7-13-25)26-14-8-3-9-15-26/h1-22H. The van der Waals surface area contributed by atoms with E-state index in [-0.39, 0.29) is 0 Å². The molecule has 6 rings (SSSR count). The smallest absolute Gasteiger partial charge is 0.138 e. The first kappa shape index (κ1) is 22.3. The van der Waals surface area contributed by atoms with Crippen molar-refractivity contribution in [2.24, 2.45) is 5.11 Å². The van der Waals surface area contributed by atoms with Crippen molar-refractivity contribution in [2.45, 2.75) is 5.54 Å². The Bertz CT molecular complexity index is 1610. The minimum Gasteiger partial charge on any atom is -0.265 e. The molecule has 0 saturated carbocycles. The first-order valence-electron chi connectivity index (χ1n) is 12.0. The molecule has 0 aliphatic carbocycles. The van der Waals surface area contributed by atoms with Crippen LogP contribution in [0.4, 0.5) is 5.69 Å². The van der Waals surface area contributed by atoms with Crippen molar-refractivity contribution < 1.29 is 0 Å². The molecule has 0 radical (unpaired) electrons. The molecule has 0 aliphatic rings. The highest BCUT2D eigenvalue weighted by molar-refractivity contribution is 5.95. The molecule has 0 fully saturated rings. The van der Waals surface area contributed by atoms with Crippen LogP contribution in [0.1, 0.15) is 16.7 Å². The quantitative estimate of drug-likeness (QED) is 0.106. The Hall–Kier alpha value is -5.19. The summed E-state index contributed by atoms with van der Waals surface area (Å²) in [6, 6.07) is 40.9. The van der Waals surface area contributed by atoms with Crippen LogP contribution in [0.15, 0.2) is 139 Å². The van der Waals surface area contributed by atoms with E-state index >= 15 is 0 Å². The molecule has 6 heteroatoms. The van der Waals surface area contributed by atoms with Gasteiger partial charge in [-0.05, 0) is 46.5 Å². The molecule has 0 amide bonds. The van der Waals surface area contributed by atoms with Crippen molar-refractivity contribution in [3.8, 4) is 11.3 Å². The molecular weight excluding hydrogens is 456 g/mol. The van der Waals surface area contributed by atoms with E-state index in [0.717, 1.165) is 38.9 Å². The molecule has 2 heterocycles. The van der Waals surface area contributed by atoms with Gasteiger partial charge in [0.25, 0.3) is 0 Å². The number of nitrogens with zero attached hydrogens (tertiary/aromatic N) is 6. The SMILES string of the molecule is [N-]=[N+]=Nc1ccc2c(c1)c(-c1ccncc1)nn2C(c1ccccc1)(c1ccccc1)c1ccccc1. The van der Waals surface area contributed by atoms with Gasteiger partial charge in [-0.15, -0.1) is 0 Å². The Morgan fingerprint density at radius 2 is 1.22 bits per heavy atom. The predicted octanol–water partition coefficient (Wildman–Crippen LogP) is 7.88. The summed E-state index contributed by atoms with van der Waals surface area (Å²) in [6.45, 7) is 0. The zero-order valence-electron chi connectivity index (χ0n) is 19.9. The van der Waals surface area contributed by atoms with Gasteiger partial charge >= 0.3 is 0 Å². The van der Waals surface area contributed by atoms with Crippen LogP contribution in [-0.2, 0) is 5.54 Å². The number of hydrogen-bond donors (Lipinski definition) is 0. The molecular formula is C31H22N6.